The zero-order valence-electron chi connectivity index (χ0n) is 11.7. The molecule has 1 heterocycles. The lowest BCUT2D eigenvalue weighted by molar-refractivity contribution is 0.0911. The molecule has 1 aliphatic rings. The first-order valence-electron chi connectivity index (χ1n) is 7.23. The van der Waals surface area contributed by atoms with E-state index in [1.54, 1.807) is 6.07 Å². The third-order valence-electron chi connectivity index (χ3n) is 4.03. The maximum Gasteiger partial charge on any atom is 0.253 e. The summed E-state index contributed by atoms with van der Waals surface area (Å²) in [7, 11) is 0. The van der Waals surface area contributed by atoms with Crippen LogP contribution >= 0.6 is 23.2 Å². The smallest absolute Gasteiger partial charge is 0.253 e. The summed E-state index contributed by atoms with van der Waals surface area (Å²) in [4.78, 5) is 16.2. The normalized spacial score (nSPS) is 17.8. The van der Waals surface area contributed by atoms with Crippen LogP contribution in [0.4, 0.5) is 0 Å². The van der Waals surface area contributed by atoms with Gasteiger partial charge in [-0.05, 0) is 31.2 Å². The van der Waals surface area contributed by atoms with Gasteiger partial charge in [-0.1, -0.05) is 49.4 Å². The van der Waals surface area contributed by atoms with E-state index in [-0.39, 0.29) is 17.1 Å². The van der Waals surface area contributed by atoms with Crippen LogP contribution in [0, 0.1) is 5.92 Å². The number of pyridine rings is 1. The van der Waals surface area contributed by atoms with Crippen molar-refractivity contribution in [3.8, 4) is 0 Å². The van der Waals surface area contributed by atoms with Crippen molar-refractivity contribution in [2.24, 2.45) is 5.92 Å². The monoisotopic (exact) mass is 314 g/mol. The molecule has 0 spiro atoms. The van der Waals surface area contributed by atoms with E-state index in [1.165, 1.54) is 38.3 Å². The Morgan fingerprint density at radius 1 is 1.40 bits per heavy atom. The van der Waals surface area contributed by atoms with Gasteiger partial charge in [-0.25, -0.2) is 4.98 Å². The van der Waals surface area contributed by atoms with Gasteiger partial charge in [-0.15, -0.1) is 0 Å². The first kappa shape index (κ1) is 15.6. The average molecular weight is 315 g/mol. The number of aromatic nitrogens is 1. The fourth-order valence-electron chi connectivity index (χ4n) is 2.89. The predicted molar refractivity (Wildman–Crippen MR) is 82.4 cm³/mol. The molecule has 1 amide bonds. The molecule has 1 fully saturated rings. The number of halogens is 2. The zero-order valence-corrected chi connectivity index (χ0v) is 13.2. The molecule has 0 radical (unpaired) electrons. The average Bonchev–Trinajstić information content (AvgIpc) is 2.48. The van der Waals surface area contributed by atoms with Crippen LogP contribution < -0.4 is 5.32 Å². The van der Waals surface area contributed by atoms with Crippen molar-refractivity contribution in [3.63, 3.8) is 0 Å². The molecule has 1 aromatic heterocycles. The molecule has 1 atom stereocenters. The quantitative estimate of drug-likeness (QED) is 0.833. The highest BCUT2D eigenvalue weighted by Gasteiger charge is 2.24. The molecule has 1 unspecified atom stereocenters. The number of carbonyl (C=O) groups is 1. The Labute approximate surface area is 130 Å². The fourth-order valence-corrected chi connectivity index (χ4v) is 3.16. The molecule has 1 N–H and O–H groups in total. The Bertz CT molecular complexity index is 473. The van der Waals surface area contributed by atoms with Gasteiger partial charge < -0.3 is 5.32 Å². The van der Waals surface area contributed by atoms with Gasteiger partial charge in [0, 0.05) is 12.2 Å². The highest BCUT2D eigenvalue weighted by Crippen LogP contribution is 2.28. The van der Waals surface area contributed by atoms with E-state index >= 15 is 0 Å². The molecule has 2 rings (SSSR count). The Balaban J connectivity index is 2.02. The summed E-state index contributed by atoms with van der Waals surface area (Å²) < 4.78 is 0. The maximum atomic E-state index is 12.3. The Morgan fingerprint density at radius 2 is 2.10 bits per heavy atom. The molecule has 110 valence electrons. The van der Waals surface area contributed by atoms with Gasteiger partial charge >= 0.3 is 0 Å². The van der Waals surface area contributed by atoms with Gasteiger partial charge in [0.05, 0.1) is 10.6 Å². The molecule has 0 bridgehead atoms. The summed E-state index contributed by atoms with van der Waals surface area (Å²) in [5.74, 6) is 0.474. The molecule has 1 saturated carbocycles. The van der Waals surface area contributed by atoms with E-state index in [0.29, 0.717) is 16.5 Å². The van der Waals surface area contributed by atoms with Crippen LogP contribution in [0.1, 0.15) is 55.8 Å². The number of nitrogens with zero attached hydrogens (tertiary/aromatic N) is 1. The van der Waals surface area contributed by atoms with Crippen molar-refractivity contribution in [3.05, 3.63) is 28.0 Å². The number of amides is 1. The highest BCUT2D eigenvalue weighted by atomic mass is 35.5. The van der Waals surface area contributed by atoms with Crippen molar-refractivity contribution in [1.82, 2.24) is 10.3 Å². The predicted octanol–water partition coefficient (Wildman–Crippen LogP) is 4.48. The standard InChI is InChI=1S/C15H20Cl2N2O/c1-2-13(10-6-4-3-5-7-10)19-15(20)11-8-12(16)14(17)18-9-11/h8-10,13H,2-7H2,1H3,(H,19,20). The maximum absolute atomic E-state index is 12.3. The number of carbonyl (C=O) groups excluding carboxylic acids is 1. The van der Waals surface area contributed by atoms with E-state index in [9.17, 15) is 4.79 Å². The van der Waals surface area contributed by atoms with Crippen molar-refractivity contribution >= 4 is 29.1 Å². The summed E-state index contributed by atoms with van der Waals surface area (Å²) in [6, 6.07) is 1.80. The second-order valence-corrected chi connectivity index (χ2v) is 6.15. The van der Waals surface area contributed by atoms with E-state index < -0.39 is 0 Å². The molecule has 3 nitrogen and oxygen atoms in total. The van der Waals surface area contributed by atoms with Crippen LogP contribution in [-0.2, 0) is 0 Å². The number of nitrogens with one attached hydrogen (secondary N) is 1. The summed E-state index contributed by atoms with van der Waals surface area (Å²) in [5.41, 5.74) is 0.466. The van der Waals surface area contributed by atoms with Gasteiger partial charge in [-0.3, -0.25) is 4.79 Å². The summed E-state index contributed by atoms with van der Waals surface area (Å²) in [6.45, 7) is 2.12. The minimum Gasteiger partial charge on any atom is -0.349 e. The van der Waals surface area contributed by atoms with Crippen molar-refractivity contribution < 1.29 is 4.79 Å². The third kappa shape index (κ3) is 3.86. The number of rotatable bonds is 4. The van der Waals surface area contributed by atoms with Crippen LogP contribution in [0.5, 0.6) is 0 Å². The molecule has 0 saturated heterocycles. The Kier molecular flexibility index (Phi) is 5.67. The van der Waals surface area contributed by atoms with Crippen LogP contribution in [0.25, 0.3) is 0 Å². The molecule has 20 heavy (non-hydrogen) atoms. The lowest BCUT2D eigenvalue weighted by Gasteiger charge is -2.30. The Hall–Kier alpha value is -0.800. The molecule has 5 heteroatoms. The lowest BCUT2D eigenvalue weighted by Crippen LogP contribution is -2.40. The molecular formula is C15H20Cl2N2O. The molecule has 1 aromatic rings. The minimum absolute atomic E-state index is 0.117. The fraction of sp³-hybridized carbons (Fsp3) is 0.600. The van der Waals surface area contributed by atoms with Crippen molar-refractivity contribution in [2.45, 2.75) is 51.5 Å². The molecule has 0 aromatic carbocycles. The van der Waals surface area contributed by atoms with Crippen LogP contribution in [-0.4, -0.2) is 16.9 Å². The SMILES string of the molecule is CCC(NC(=O)c1cnc(Cl)c(Cl)c1)C1CCCCC1. The number of hydrogen-bond acceptors (Lipinski definition) is 2. The summed E-state index contributed by atoms with van der Waals surface area (Å²) >= 11 is 11.7. The van der Waals surface area contributed by atoms with Crippen molar-refractivity contribution in [2.75, 3.05) is 0 Å². The second kappa shape index (κ2) is 7.28. The van der Waals surface area contributed by atoms with Crippen molar-refractivity contribution in [1.29, 1.82) is 0 Å². The summed E-state index contributed by atoms with van der Waals surface area (Å²) in [5, 5.41) is 3.65. The molecule has 0 aliphatic heterocycles. The van der Waals surface area contributed by atoms with E-state index in [0.717, 1.165) is 6.42 Å². The van der Waals surface area contributed by atoms with E-state index in [1.807, 2.05) is 0 Å². The van der Waals surface area contributed by atoms with Crippen LogP contribution in [0.2, 0.25) is 10.2 Å². The molecule has 1 aliphatic carbocycles. The van der Waals surface area contributed by atoms with Gasteiger partial charge in [0.1, 0.15) is 5.15 Å². The van der Waals surface area contributed by atoms with Gasteiger partial charge in [0.25, 0.3) is 5.91 Å². The Morgan fingerprint density at radius 3 is 2.70 bits per heavy atom. The van der Waals surface area contributed by atoms with Gasteiger partial charge in [-0.2, -0.15) is 0 Å². The van der Waals surface area contributed by atoms with E-state index in [2.05, 4.69) is 17.2 Å². The van der Waals surface area contributed by atoms with Gasteiger partial charge in [0.2, 0.25) is 0 Å². The van der Waals surface area contributed by atoms with Crippen LogP contribution in [0.15, 0.2) is 12.3 Å². The first-order valence-corrected chi connectivity index (χ1v) is 7.99. The topological polar surface area (TPSA) is 42.0 Å². The second-order valence-electron chi connectivity index (χ2n) is 5.38. The number of hydrogen-bond donors (Lipinski definition) is 1. The van der Waals surface area contributed by atoms with E-state index in [4.69, 9.17) is 23.2 Å². The summed E-state index contributed by atoms with van der Waals surface area (Å²) in [6.07, 6.45) is 8.69. The minimum atomic E-state index is -0.117. The highest BCUT2D eigenvalue weighted by molar-refractivity contribution is 6.41. The lowest BCUT2D eigenvalue weighted by atomic mass is 9.83. The zero-order chi connectivity index (χ0) is 14.5. The largest absolute Gasteiger partial charge is 0.349 e. The van der Waals surface area contributed by atoms with Crippen LogP contribution in [0.3, 0.4) is 0 Å². The first-order chi connectivity index (χ1) is 9.61. The third-order valence-corrected chi connectivity index (χ3v) is 4.72. The molecular weight excluding hydrogens is 295 g/mol. The van der Waals surface area contributed by atoms with Gasteiger partial charge in [0.15, 0.2) is 0 Å².